The molecule has 8 heteroatoms. The van der Waals surface area contributed by atoms with E-state index in [1.54, 1.807) is 42.3 Å². The van der Waals surface area contributed by atoms with E-state index in [4.69, 9.17) is 9.47 Å². The molecule has 0 bridgehead atoms. The summed E-state index contributed by atoms with van der Waals surface area (Å²) in [6.07, 6.45) is 1.67. The Balaban J connectivity index is 1.67. The number of sulfonamides is 1. The normalized spacial score (nSPS) is 10.8. The summed E-state index contributed by atoms with van der Waals surface area (Å²) in [6.45, 7) is 4.44. The van der Waals surface area contributed by atoms with Gasteiger partial charge in [0.2, 0.25) is 0 Å². The van der Waals surface area contributed by atoms with E-state index in [0.29, 0.717) is 30.2 Å². The van der Waals surface area contributed by atoms with Crippen LogP contribution >= 0.6 is 0 Å². The Bertz CT molecular complexity index is 1210. The van der Waals surface area contributed by atoms with Crippen LogP contribution in [0.4, 0.5) is 5.69 Å². The molecule has 1 N–H and O–H groups in total. The minimum atomic E-state index is -3.84. The largest absolute Gasteiger partial charge is 0.495 e. The predicted molar refractivity (Wildman–Crippen MR) is 128 cm³/mol. The second-order valence-corrected chi connectivity index (χ2v) is 8.92. The van der Waals surface area contributed by atoms with Gasteiger partial charge in [0.15, 0.2) is 0 Å². The molecule has 0 aliphatic rings. The van der Waals surface area contributed by atoms with E-state index in [1.165, 1.54) is 31.4 Å². The molecular weight excluding hydrogens is 440 g/mol. The molecule has 0 aliphatic carbocycles. The summed E-state index contributed by atoms with van der Waals surface area (Å²) in [5, 5.41) is 0. The van der Waals surface area contributed by atoms with E-state index >= 15 is 0 Å². The molecule has 33 heavy (non-hydrogen) atoms. The quantitative estimate of drug-likeness (QED) is 0.450. The molecular formula is C25H26N2O5S. The Morgan fingerprint density at radius 1 is 1.03 bits per heavy atom. The lowest BCUT2D eigenvalue weighted by Gasteiger charge is -2.18. The Labute approximate surface area is 194 Å². The van der Waals surface area contributed by atoms with Gasteiger partial charge in [0.05, 0.1) is 17.7 Å². The summed E-state index contributed by atoms with van der Waals surface area (Å²) in [5.74, 6) is 0.921. The topological polar surface area (TPSA) is 84.9 Å². The fraction of sp³-hybridized carbons (Fsp3) is 0.160. The third kappa shape index (κ3) is 6.14. The molecule has 0 unspecified atom stereocenters. The summed E-state index contributed by atoms with van der Waals surface area (Å²) in [4.78, 5) is 14.4. The number of ether oxygens (including phenoxy) is 2. The Hall–Kier alpha value is -3.78. The van der Waals surface area contributed by atoms with Crippen molar-refractivity contribution in [2.75, 3.05) is 25.5 Å². The van der Waals surface area contributed by atoms with Crippen molar-refractivity contribution in [1.29, 1.82) is 0 Å². The van der Waals surface area contributed by atoms with E-state index in [1.807, 2.05) is 24.3 Å². The Kier molecular flexibility index (Phi) is 7.74. The van der Waals surface area contributed by atoms with E-state index in [-0.39, 0.29) is 10.8 Å². The smallest absolute Gasteiger partial charge is 0.262 e. The first-order valence-corrected chi connectivity index (χ1v) is 11.7. The lowest BCUT2D eigenvalue weighted by atomic mass is 10.1. The zero-order valence-electron chi connectivity index (χ0n) is 18.5. The highest BCUT2D eigenvalue weighted by Crippen LogP contribution is 2.26. The molecule has 3 aromatic carbocycles. The van der Waals surface area contributed by atoms with E-state index < -0.39 is 10.0 Å². The first-order valence-electron chi connectivity index (χ1n) is 10.2. The number of hydrogen-bond donors (Lipinski definition) is 1. The van der Waals surface area contributed by atoms with Crippen LogP contribution in [0.5, 0.6) is 11.5 Å². The van der Waals surface area contributed by atoms with Gasteiger partial charge in [0.1, 0.15) is 18.1 Å². The molecule has 0 aliphatic heterocycles. The van der Waals surface area contributed by atoms with Crippen LogP contribution in [0.15, 0.2) is 90.3 Å². The van der Waals surface area contributed by atoms with Gasteiger partial charge in [-0.3, -0.25) is 9.52 Å². The van der Waals surface area contributed by atoms with Crippen molar-refractivity contribution in [2.45, 2.75) is 11.4 Å². The number of para-hydroxylation sites is 2. The molecule has 172 valence electrons. The van der Waals surface area contributed by atoms with Crippen LogP contribution in [0.1, 0.15) is 15.9 Å². The lowest BCUT2D eigenvalue weighted by Crippen LogP contribution is -2.26. The molecule has 0 saturated carbocycles. The van der Waals surface area contributed by atoms with Gasteiger partial charge in [-0.2, -0.15) is 0 Å². The van der Waals surface area contributed by atoms with Gasteiger partial charge in [0, 0.05) is 19.2 Å². The molecule has 0 fully saturated rings. The molecule has 3 rings (SSSR count). The second kappa shape index (κ2) is 10.7. The highest BCUT2D eigenvalue weighted by molar-refractivity contribution is 7.92. The minimum Gasteiger partial charge on any atom is -0.495 e. The monoisotopic (exact) mass is 466 g/mol. The van der Waals surface area contributed by atoms with Crippen molar-refractivity contribution in [3.8, 4) is 11.5 Å². The van der Waals surface area contributed by atoms with Crippen LogP contribution in [-0.2, 0) is 16.6 Å². The number of hydrogen-bond acceptors (Lipinski definition) is 5. The van der Waals surface area contributed by atoms with Crippen LogP contribution in [0, 0.1) is 0 Å². The van der Waals surface area contributed by atoms with Crippen LogP contribution in [0.25, 0.3) is 0 Å². The standard InChI is InChI=1S/C25H26N2O5S/c1-4-17-32-21-13-9-19(10-14-21)18-27(2)25(28)20-11-15-22(16-12-20)33(29,30)26-23-7-5-6-8-24(23)31-3/h4-16,26H,1,17-18H2,2-3H3. The molecule has 0 saturated heterocycles. The number of benzene rings is 3. The van der Waals surface area contributed by atoms with Gasteiger partial charge in [0.25, 0.3) is 15.9 Å². The maximum absolute atomic E-state index is 12.8. The zero-order valence-corrected chi connectivity index (χ0v) is 19.3. The van der Waals surface area contributed by atoms with Gasteiger partial charge in [-0.05, 0) is 54.1 Å². The predicted octanol–water partition coefficient (Wildman–Crippen LogP) is 4.33. The van der Waals surface area contributed by atoms with Crippen molar-refractivity contribution in [2.24, 2.45) is 0 Å². The van der Waals surface area contributed by atoms with E-state index in [9.17, 15) is 13.2 Å². The number of amides is 1. The first-order chi connectivity index (χ1) is 15.8. The average Bonchev–Trinajstić information content (AvgIpc) is 2.83. The van der Waals surface area contributed by atoms with Crippen molar-refractivity contribution >= 4 is 21.6 Å². The maximum atomic E-state index is 12.8. The minimum absolute atomic E-state index is 0.0442. The lowest BCUT2D eigenvalue weighted by molar-refractivity contribution is 0.0785. The Morgan fingerprint density at radius 2 is 1.70 bits per heavy atom. The zero-order chi connectivity index (χ0) is 23.8. The van der Waals surface area contributed by atoms with E-state index in [2.05, 4.69) is 11.3 Å². The van der Waals surface area contributed by atoms with E-state index in [0.717, 1.165) is 11.3 Å². The molecule has 0 atom stereocenters. The van der Waals surface area contributed by atoms with Crippen molar-refractivity contribution < 1.29 is 22.7 Å². The number of rotatable bonds is 10. The van der Waals surface area contributed by atoms with Gasteiger partial charge < -0.3 is 14.4 Å². The molecule has 7 nitrogen and oxygen atoms in total. The van der Waals surface area contributed by atoms with Crippen molar-refractivity contribution in [3.05, 3.63) is 96.6 Å². The summed E-state index contributed by atoms with van der Waals surface area (Å²) < 4.78 is 38.6. The summed E-state index contributed by atoms with van der Waals surface area (Å²) in [7, 11) is -0.681. The van der Waals surface area contributed by atoms with Gasteiger partial charge in [-0.1, -0.05) is 36.9 Å². The number of nitrogens with zero attached hydrogens (tertiary/aromatic N) is 1. The third-order valence-corrected chi connectivity index (χ3v) is 6.20. The number of anilines is 1. The van der Waals surface area contributed by atoms with Crippen LogP contribution in [0.3, 0.4) is 0 Å². The molecule has 0 aromatic heterocycles. The second-order valence-electron chi connectivity index (χ2n) is 7.24. The molecule has 0 spiro atoms. The van der Waals surface area contributed by atoms with Gasteiger partial charge >= 0.3 is 0 Å². The average molecular weight is 467 g/mol. The summed E-state index contributed by atoms with van der Waals surface area (Å²) in [5.41, 5.74) is 1.66. The van der Waals surface area contributed by atoms with Crippen LogP contribution < -0.4 is 14.2 Å². The summed E-state index contributed by atoms with van der Waals surface area (Å²) in [6, 6.07) is 20.0. The molecule has 3 aromatic rings. The Morgan fingerprint density at radius 3 is 2.33 bits per heavy atom. The third-order valence-electron chi connectivity index (χ3n) is 4.82. The number of methoxy groups -OCH3 is 1. The maximum Gasteiger partial charge on any atom is 0.262 e. The highest BCUT2D eigenvalue weighted by atomic mass is 32.2. The van der Waals surface area contributed by atoms with Crippen molar-refractivity contribution in [1.82, 2.24) is 4.90 Å². The number of nitrogens with one attached hydrogen (secondary N) is 1. The number of carbonyl (C=O) groups is 1. The molecule has 0 heterocycles. The SMILES string of the molecule is C=CCOc1ccc(CN(C)C(=O)c2ccc(S(=O)(=O)Nc3ccccc3OC)cc2)cc1. The fourth-order valence-electron chi connectivity index (χ4n) is 3.12. The molecule has 1 amide bonds. The summed E-state index contributed by atoms with van der Waals surface area (Å²) >= 11 is 0. The first kappa shape index (κ1) is 23.9. The van der Waals surface area contributed by atoms with Gasteiger partial charge in [-0.25, -0.2) is 8.42 Å². The van der Waals surface area contributed by atoms with Gasteiger partial charge in [-0.15, -0.1) is 0 Å². The molecule has 0 radical (unpaired) electrons. The van der Waals surface area contributed by atoms with Crippen molar-refractivity contribution in [3.63, 3.8) is 0 Å². The fourth-order valence-corrected chi connectivity index (χ4v) is 4.19. The van der Waals surface area contributed by atoms with Crippen LogP contribution in [0.2, 0.25) is 0 Å². The van der Waals surface area contributed by atoms with Crippen LogP contribution in [-0.4, -0.2) is 40.0 Å². The highest BCUT2D eigenvalue weighted by Gasteiger charge is 2.18. The number of carbonyl (C=O) groups excluding carboxylic acids is 1.